The maximum Gasteiger partial charge on any atom is 0.316 e. The molecule has 0 aliphatic rings. The molecule has 0 saturated carbocycles. The average molecular weight is 254 g/mol. The number of benzene rings is 1. The molecule has 0 amide bonds. The van der Waals surface area contributed by atoms with E-state index in [2.05, 4.69) is 0 Å². The molecular formula is C13H18O3S. The average Bonchev–Trinajstić information content (AvgIpc) is 2.29. The molecule has 0 heterocycles. The molecule has 3 nitrogen and oxygen atoms in total. The van der Waals surface area contributed by atoms with Crippen LogP contribution in [-0.2, 0) is 4.79 Å². The van der Waals surface area contributed by atoms with Gasteiger partial charge in [0.15, 0.2) is 0 Å². The molecule has 0 saturated heterocycles. The Hall–Kier alpha value is -1.16. The maximum absolute atomic E-state index is 11.0. The standard InChI is InChI=1S/C13H18O3S/c1-5-11(13(14)15)17-12-7-8(2)10(16-4)6-9(12)3/h6-7,11H,5H2,1-4H3,(H,14,15). The quantitative estimate of drug-likeness (QED) is 0.819. The number of aryl methyl sites for hydroxylation is 2. The predicted molar refractivity (Wildman–Crippen MR) is 70.0 cm³/mol. The summed E-state index contributed by atoms with van der Waals surface area (Å²) in [5, 5.41) is 8.66. The smallest absolute Gasteiger partial charge is 0.316 e. The molecule has 0 radical (unpaired) electrons. The van der Waals surface area contributed by atoms with Crippen molar-refractivity contribution in [2.45, 2.75) is 37.3 Å². The molecular weight excluding hydrogens is 236 g/mol. The minimum Gasteiger partial charge on any atom is -0.496 e. The van der Waals surface area contributed by atoms with Crippen LogP contribution in [0.4, 0.5) is 0 Å². The first kappa shape index (κ1) is 13.9. The second-order valence-corrected chi connectivity index (χ2v) is 5.18. The third kappa shape index (κ3) is 3.40. The lowest BCUT2D eigenvalue weighted by Crippen LogP contribution is -2.14. The van der Waals surface area contributed by atoms with Crippen LogP contribution in [0.25, 0.3) is 0 Å². The van der Waals surface area contributed by atoms with Gasteiger partial charge in [-0.15, -0.1) is 11.8 Å². The van der Waals surface area contributed by atoms with Gasteiger partial charge in [-0.05, 0) is 43.5 Å². The fourth-order valence-electron chi connectivity index (χ4n) is 1.57. The summed E-state index contributed by atoms with van der Waals surface area (Å²) in [5.41, 5.74) is 2.08. The topological polar surface area (TPSA) is 46.5 Å². The molecule has 0 aromatic heterocycles. The van der Waals surface area contributed by atoms with Crippen molar-refractivity contribution in [3.8, 4) is 5.75 Å². The second kappa shape index (κ2) is 5.96. The van der Waals surface area contributed by atoms with E-state index in [1.807, 2.05) is 32.9 Å². The number of carboxylic acids is 1. The summed E-state index contributed by atoms with van der Waals surface area (Å²) in [6, 6.07) is 3.94. The number of carboxylic acid groups (broad SMARTS) is 1. The zero-order chi connectivity index (χ0) is 13.0. The Morgan fingerprint density at radius 2 is 2.06 bits per heavy atom. The monoisotopic (exact) mass is 254 g/mol. The number of hydrogen-bond donors (Lipinski definition) is 1. The second-order valence-electron chi connectivity index (χ2n) is 3.94. The van der Waals surface area contributed by atoms with Crippen LogP contribution in [0.3, 0.4) is 0 Å². The number of hydrogen-bond acceptors (Lipinski definition) is 3. The highest BCUT2D eigenvalue weighted by Gasteiger charge is 2.18. The van der Waals surface area contributed by atoms with Crippen molar-refractivity contribution in [2.24, 2.45) is 0 Å². The Morgan fingerprint density at radius 3 is 2.53 bits per heavy atom. The fourth-order valence-corrected chi connectivity index (χ4v) is 2.64. The van der Waals surface area contributed by atoms with Crippen molar-refractivity contribution in [2.75, 3.05) is 7.11 Å². The summed E-state index contributed by atoms with van der Waals surface area (Å²) in [7, 11) is 1.64. The Morgan fingerprint density at radius 1 is 1.41 bits per heavy atom. The molecule has 0 bridgehead atoms. The van der Waals surface area contributed by atoms with Gasteiger partial charge in [-0.25, -0.2) is 0 Å². The first-order valence-corrected chi connectivity index (χ1v) is 6.42. The van der Waals surface area contributed by atoms with Gasteiger partial charge in [-0.2, -0.15) is 0 Å². The van der Waals surface area contributed by atoms with E-state index >= 15 is 0 Å². The van der Waals surface area contributed by atoms with Crippen LogP contribution in [0, 0.1) is 13.8 Å². The number of aliphatic carboxylic acids is 1. The highest BCUT2D eigenvalue weighted by molar-refractivity contribution is 8.00. The van der Waals surface area contributed by atoms with Crippen molar-refractivity contribution in [1.29, 1.82) is 0 Å². The molecule has 0 fully saturated rings. The summed E-state index contributed by atoms with van der Waals surface area (Å²) in [4.78, 5) is 12.0. The van der Waals surface area contributed by atoms with Crippen molar-refractivity contribution in [3.63, 3.8) is 0 Å². The lowest BCUT2D eigenvalue weighted by molar-refractivity contribution is -0.136. The summed E-state index contributed by atoms with van der Waals surface area (Å²) in [6.45, 7) is 5.82. The third-order valence-electron chi connectivity index (χ3n) is 2.61. The first-order chi connectivity index (χ1) is 7.99. The molecule has 94 valence electrons. The van der Waals surface area contributed by atoms with Crippen LogP contribution >= 0.6 is 11.8 Å². The fraction of sp³-hybridized carbons (Fsp3) is 0.462. The van der Waals surface area contributed by atoms with Crippen LogP contribution < -0.4 is 4.74 Å². The van der Waals surface area contributed by atoms with E-state index in [0.717, 1.165) is 21.8 Å². The highest BCUT2D eigenvalue weighted by atomic mass is 32.2. The van der Waals surface area contributed by atoms with Crippen LogP contribution in [0.5, 0.6) is 5.75 Å². The number of ether oxygens (including phenoxy) is 1. The SMILES string of the molecule is CCC(Sc1cc(C)c(OC)cc1C)C(=O)O. The van der Waals surface area contributed by atoms with Crippen LogP contribution in [-0.4, -0.2) is 23.4 Å². The van der Waals surface area contributed by atoms with Gasteiger partial charge in [0.05, 0.1) is 7.11 Å². The van der Waals surface area contributed by atoms with Gasteiger partial charge in [0.1, 0.15) is 11.0 Å². The van der Waals surface area contributed by atoms with Crippen molar-refractivity contribution >= 4 is 17.7 Å². The molecule has 1 rings (SSSR count). The Bertz CT molecular complexity index is 415. The van der Waals surface area contributed by atoms with E-state index in [-0.39, 0.29) is 5.25 Å². The van der Waals surface area contributed by atoms with Crippen LogP contribution in [0.1, 0.15) is 24.5 Å². The predicted octanol–water partition coefficient (Wildman–Crippen LogP) is 3.27. The summed E-state index contributed by atoms with van der Waals surface area (Å²) < 4.78 is 5.23. The normalized spacial score (nSPS) is 12.2. The van der Waals surface area contributed by atoms with E-state index < -0.39 is 5.97 Å². The lowest BCUT2D eigenvalue weighted by Gasteiger charge is -2.14. The molecule has 0 aliphatic carbocycles. The minimum absolute atomic E-state index is 0.388. The van der Waals surface area contributed by atoms with E-state index in [1.54, 1.807) is 7.11 Å². The molecule has 4 heteroatoms. The summed E-state index contributed by atoms with van der Waals surface area (Å²) >= 11 is 1.40. The van der Waals surface area contributed by atoms with Gasteiger partial charge in [0.25, 0.3) is 0 Å². The first-order valence-electron chi connectivity index (χ1n) is 5.54. The van der Waals surface area contributed by atoms with E-state index in [0.29, 0.717) is 6.42 Å². The molecule has 17 heavy (non-hydrogen) atoms. The molecule has 1 atom stereocenters. The Balaban J connectivity index is 2.99. The van der Waals surface area contributed by atoms with E-state index in [4.69, 9.17) is 9.84 Å². The van der Waals surface area contributed by atoms with Gasteiger partial charge in [-0.1, -0.05) is 6.92 Å². The zero-order valence-electron chi connectivity index (χ0n) is 10.6. The number of rotatable bonds is 5. The highest BCUT2D eigenvalue weighted by Crippen LogP contribution is 2.32. The number of carbonyl (C=O) groups is 1. The number of thioether (sulfide) groups is 1. The molecule has 1 aromatic rings. The summed E-state index contributed by atoms with van der Waals surface area (Å²) in [6.07, 6.45) is 0.616. The Labute approximate surface area is 106 Å². The number of methoxy groups -OCH3 is 1. The third-order valence-corrected chi connectivity index (χ3v) is 4.12. The summed E-state index contributed by atoms with van der Waals surface area (Å²) in [5.74, 6) is 0.0839. The van der Waals surface area contributed by atoms with E-state index in [9.17, 15) is 4.79 Å². The van der Waals surface area contributed by atoms with Gasteiger partial charge >= 0.3 is 5.97 Å². The largest absolute Gasteiger partial charge is 0.496 e. The zero-order valence-corrected chi connectivity index (χ0v) is 11.4. The van der Waals surface area contributed by atoms with E-state index in [1.165, 1.54) is 11.8 Å². The molecule has 1 unspecified atom stereocenters. The van der Waals surface area contributed by atoms with Gasteiger partial charge in [-0.3, -0.25) is 4.79 Å². The van der Waals surface area contributed by atoms with Gasteiger partial charge < -0.3 is 9.84 Å². The molecule has 1 aromatic carbocycles. The van der Waals surface area contributed by atoms with Crippen molar-refractivity contribution in [3.05, 3.63) is 23.3 Å². The van der Waals surface area contributed by atoms with Gasteiger partial charge in [0, 0.05) is 4.90 Å². The van der Waals surface area contributed by atoms with Crippen molar-refractivity contribution < 1.29 is 14.6 Å². The molecule has 0 aliphatic heterocycles. The Kier molecular flexibility index (Phi) is 4.87. The van der Waals surface area contributed by atoms with Crippen LogP contribution in [0.15, 0.2) is 17.0 Å². The van der Waals surface area contributed by atoms with Gasteiger partial charge in [0.2, 0.25) is 0 Å². The maximum atomic E-state index is 11.0. The molecule has 1 N–H and O–H groups in total. The lowest BCUT2D eigenvalue weighted by atomic mass is 10.1. The minimum atomic E-state index is -0.759. The van der Waals surface area contributed by atoms with Crippen molar-refractivity contribution in [1.82, 2.24) is 0 Å². The van der Waals surface area contributed by atoms with Crippen LogP contribution in [0.2, 0.25) is 0 Å². The molecule has 0 spiro atoms.